The monoisotopic (exact) mass is 226 g/mol. The Hall–Kier alpha value is -0.300. The molecule has 1 saturated carbocycles. The van der Waals surface area contributed by atoms with Crippen molar-refractivity contribution >= 4 is 0 Å². The van der Waals surface area contributed by atoms with Gasteiger partial charge in [-0.3, -0.25) is 0 Å². The molecule has 0 aromatic rings. The SMILES string of the molecule is C=C(CO)CCC1CCC(C)C1(C)C.CC. The van der Waals surface area contributed by atoms with Crippen LogP contribution in [0.4, 0.5) is 0 Å². The summed E-state index contributed by atoms with van der Waals surface area (Å²) in [7, 11) is 0. The van der Waals surface area contributed by atoms with Crippen LogP contribution < -0.4 is 0 Å². The van der Waals surface area contributed by atoms with Gasteiger partial charge in [-0.15, -0.1) is 0 Å². The molecule has 16 heavy (non-hydrogen) atoms. The van der Waals surface area contributed by atoms with Gasteiger partial charge in [0.05, 0.1) is 6.61 Å². The highest BCUT2D eigenvalue weighted by molar-refractivity contribution is 4.97. The van der Waals surface area contributed by atoms with E-state index < -0.39 is 0 Å². The normalized spacial score (nSPS) is 27.1. The lowest BCUT2D eigenvalue weighted by Gasteiger charge is -2.31. The van der Waals surface area contributed by atoms with Gasteiger partial charge in [-0.1, -0.05) is 46.8 Å². The molecule has 2 unspecified atom stereocenters. The molecule has 1 N–H and O–H groups in total. The van der Waals surface area contributed by atoms with E-state index in [0.29, 0.717) is 5.41 Å². The molecule has 0 aromatic heterocycles. The number of hydrogen-bond acceptors (Lipinski definition) is 1. The molecule has 1 nitrogen and oxygen atoms in total. The van der Waals surface area contributed by atoms with Crippen molar-refractivity contribution in [1.29, 1.82) is 0 Å². The van der Waals surface area contributed by atoms with Crippen molar-refractivity contribution in [2.45, 2.75) is 60.3 Å². The highest BCUT2D eigenvalue weighted by Gasteiger charge is 2.39. The first-order valence-electron chi connectivity index (χ1n) is 6.76. The average Bonchev–Trinajstić information content (AvgIpc) is 2.54. The molecule has 96 valence electrons. The van der Waals surface area contributed by atoms with Crippen LogP contribution in [0.1, 0.15) is 60.3 Å². The molecule has 0 aromatic carbocycles. The fourth-order valence-electron chi connectivity index (χ4n) is 2.57. The Bertz CT molecular complexity index is 205. The molecule has 2 atom stereocenters. The molecular formula is C15H30O. The summed E-state index contributed by atoms with van der Waals surface area (Å²) < 4.78 is 0. The number of aliphatic hydroxyl groups is 1. The third-order valence-electron chi connectivity index (χ3n) is 4.34. The molecule has 0 aliphatic heterocycles. The van der Waals surface area contributed by atoms with Crippen LogP contribution in [0.3, 0.4) is 0 Å². The molecule has 0 heterocycles. The van der Waals surface area contributed by atoms with E-state index in [9.17, 15) is 0 Å². The molecular weight excluding hydrogens is 196 g/mol. The Labute approximate surface area is 102 Å². The summed E-state index contributed by atoms with van der Waals surface area (Å²) in [6, 6.07) is 0. The molecule has 0 radical (unpaired) electrons. The second-order valence-electron chi connectivity index (χ2n) is 5.44. The van der Waals surface area contributed by atoms with Gasteiger partial charge < -0.3 is 5.11 Å². The third-order valence-corrected chi connectivity index (χ3v) is 4.34. The van der Waals surface area contributed by atoms with Gasteiger partial charge in [0.2, 0.25) is 0 Å². The van der Waals surface area contributed by atoms with Gasteiger partial charge in [-0.25, -0.2) is 0 Å². The minimum atomic E-state index is 0.155. The lowest BCUT2D eigenvalue weighted by Crippen LogP contribution is -2.23. The maximum absolute atomic E-state index is 8.89. The average molecular weight is 226 g/mol. The molecule has 0 bridgehead atoms. The summed E-state index contributed by atoms with van der Waals surface area (Å²) in [5.41, 5.74) is 1.47. The second kappa shape index (κ2) is 7.11. The summed E-state index contributed by atoms with van der Waals surface area (Å²) in [5, 5.41) is 8.89. The van der Waals surface area contributed by atoms with Crippen molar-refractivity contribution in [3.05, 3.63) is 12.2 Å². The third kappa shape index (κ3) is 3.93. The topological polar surface area (TPSA) is 20.2 Å². The molecule has 1 aliphatic rings. The van der Waals surface area contributed by atoms with Crippen LogP contribution >= 0.6 is 0 Å². The van der Waals surface area contributed by atoms with Crippen LogP contribution in [-0.2, 0) is 0 Å². The zero-order valence-electron chi connectivity index (χ0n) is 11.8. The predicted octanol–water partition coefficient (Wildman–Crippen LogP) is 4.41. The molecule has 1 heteroatoms. The van der Waals surface area contributed by atoms with E-state index >= 15 is 0 Å². The van der Waals surface area contributed by atoms with Gasteiger partial charge in [0.25, 0.3) is 0 Å². The molecule has 1 fully saturated rings. The van der Waals surface area contributed by atoms with Crippen LogP contribution in [0.25, 0.3) is 0 Å². The quantitative estimate of drug-likeness (QED) is 0.704. The Morgan fingerprint density at radius 3 is 2.25 bits per heavy atom. The van der Waals surface area contributed by atoms with Crippen molar-refractivity contribution in [2.24, 2.45) is 17.3 Å². The molecule has 1 rings (SSSR count). The molecule has 1 aliphatic carbocycles. The minimum absolute atomic E-state index is 0.155. The van der Waals surface area contributed by atoms with Crippen molar-refractivity contribution in [3.8, 4) is 0 Å². The van der Waals surface area contributed by atoms with Gasteiger partial charge in [-0.05, 0) is 42.9 Å². The Kier molecular flexibility index (Phi) is 6.98. The summed E-state index contributed by atoms with van der Waals surface area (Å²) in [4.78, 5) is 0. The zero-order valence-corrected chi connectivity index (χ0v) is 11.8. The van der Waals surface area contributed by atoms with E-state index in [2.05, 4.69) is 27.4 Å². The standard InChI is InChI=1S/C13H24O.C2H6/c1-10(9-14)5-7-12-8-6-11(2)13(12,3)4;1-2/h11-12,14H,1,5-9H2,2-4H3;1-2H3. The largest absolute Gasteiger partial charge is 0.392 e. The maximum atomic E-state index is 8.89. The lowest BCUT2D eigenvalue weighted by molar-refractivity contribution is 0.187. The van der Waals surface area contributed by atoms with Crippen LogP contribution in [0.5, 0.6) is 0 Å². The van der Waals surface area contributed by atoms with E-state index in [-0.39, 0.29) is 6.61 Å². The fraction of sp³-hybridized carbons (Fsp3) is 0.867. The maximum Gasteiger partial charge on any atom is 0.0639 e. The van der Waals surface area contributed by atoms with Gasteiger partial charge in [-0.2, -0.15) is 0 Å². The predicted molar refractivity (Wildman–Crippen MR) is 72.5 cm³/mol. The summed E-state index contributed by atoms with van der Waals surface area (Å²) >= 11 is 0. The minimum Gasteiger partial charge on any atom is -0.392 e. The van der Waals surface area contributed by atoms with E-state index in [1.807, 2.05) is 13.8 Å². The zero-order chi connectivity index (χ0) is 12.8. The first-order valence-corrected chi connectivity index (χ1v) is 6.76. The second-order valence-corrected chi connectivity index (χ2v) is 5.44. The van der Waals surface area contributed by atoms with Gasteiger partial charge in [0.1, 0.15) is 0 Å². The Morgan fingerprint density at radius 1 is 1.31 bits per heavy atom. The van der Waals surface area contributed by atoms with E-state index in [0.717, 1.165) is 23.8 Å². The van der Waals surface area contributed by atoms with E-state index in [1.165, 1.54) is 19.3 Å². The van der Waals surface area contributed by atoms with Crippen LogP contribution in [0.15, 0.2) is 12.2 Å². The Balaban J connectivity index is 0.00000106. The summed E-state index contributed by atoms with van der Waals surface area (Å²) in [5.74, 6) is 1.66. The van der Waals surface area contributed by atoms with Gasteiger partial charge in [0, 0.05) is 0 Å². The number of aliphatic hydroxyl groups excluding tert-OH is 1. The number of rotatable bonds is 4. The summed E-state index contributed by atoms with van der Waals surface area (Å²) in [6.45, 7) is 15.1. The lowest BCUT2D eigenvalue weighted by atomic mass is 9.74. The number of hydrogen-bond donors (Lipinski definition) is 1. The van der Waals surface area contributed by atoms with Gasteiger partial charge >= 0.3 is 0 Å². The molecule has 0 amide bonds. The smallest absolute Gasteiger partial charge is 0.0639 e. The van der Waals surface area contributed by atoms with Gasteiger partial charge in [0.15, 0.2) is 0 Å². The van der Waals surface area contributed by atoms with Crippen molar-refractivity contribution < 1.29 is 5.11 Å². The van der Waals surface area contributed by atoms with Crippen molar-refractivity contribution in [2.75, 3.05) is 6.61 Å². The first kappa shape index (κ1) is 15.7. The molecule has 0 spiro atoms. The summed E-state index contributed by atoms with van der Waals surface area (Å²) in [6.07, 6.45) is 4.92. The highest BCUT2D eigenvalue weighted by Crippen LogP contribution is 2.49. The van der Waals surface area contributed by atoms with Crippen LogP contribution in [0.2, 0.25) is 0 Å². The first-order chi connectivity index (χ1) is 7.48. The van der Waals surface area contributed by atoms with Crippen molar-refractivity contribution in [3.63, 3.8) is 0 Å². The van der Waals surface area contributed by atoms with E-state index in [4.69, 9.17) is 5.11 Å². The highest BCUT2D eigenvalue weighted by atomic mass is 16.3. The van der Waals surface area contributed by atoms with Crippen LogP contribution in [0, 0.1) is 17.3 Å². The van der Waals surface area contributed by atoms with Crippen molar-refractivity contribution in [1.82, 2.24) is 0 Å². The van der Waals surface area contributed by atoms with Crippen LogP contribution in [-0.4, -0.2) is 11.7 Å². The molecule has 0 saturated heterocycles. The Morgan fingerprint density at radius 2 is 1.88 bits per heavy atom. The van der Waals surface area contributed by atoms with E-state index in [1.54, 1.807) is 0 Å². The fourth-order valence-corrected chi connectivity index (χ4v) is 2.57.